The summed E-state index contributed by atoms with van der Waals surface area (Å²) in [6.07, 6.45) is 1.24. The van der Waals surface area contributed by atoms with Crippen LogP contribution in [0, 0.1) is 11.8 Å². The van der Waals surface area contributed by atoms with Crippen molar-refractivity contribution in [2.24, 2.45) is 23.3 Å². The maximum absolute atomic E-state index is 14.5. The number of nitrogens with two attached hydrogens (primary N) is 2. The third kappa shape index (κ3) is 13.1. The quantitative estimate of drug-likeness (QED) is 0.0914. The van der Waals surface area contributed by atoms with Gasteiger partial charge in [-0.2, -0.15) is 0 Å². The van der Waals surface area contributed by atoms with Crippen molar-refractivity contribution < 1.29 is 38.6 Å². The summed E-state index contributed by atoms with van der Waals surface area (Å²) in [5.74, 6) is -5.29. The Kier molecular flexibility index (Phi) is 18.0. The number of aliphatic hydroxyl groups excluding tert-OH is 1. The predicted molar refractivity (Wildman–Crippen MR) is 217 cm³/mol. The molecule has 2 unspecified atom stereocenters. The second-order valence-electron chi connectivity index (χ2n) is 14.6. The molecule has 308 valence electrons. The van der Waals surface area contributed by atoms with Crippen LogP contribution in [0.1, 0.15) is 71.4 Å². The molecule has 3 rings (SSSR count). The maximum Gasteiger partial charge on any atom is 0.417 e. The van der Waals surface area contributed by atoms with Crippen LogP contribution in [0.3, 0.4) is 0 Å². The summed E-state index contributed by atoms with van der Waals surface area (Å²) in [5.41, 5.74) is 13.9. The number of hydrogen-bond acceptors (Lipinski definition) is 10. The van der Waals surface area contributed by atoms with Gasteiger partial charge in [0.15, 0.2) is 0 Å². The van der Waals surface area contributed by atoms with E-state index in [1.165, 1.54) is 13.8 Å². The summed E-state index contributed by atoms with van der Waals surface area (Å²) >= 11 is 0. The molecule has 14 nitrogen and oxygen atoms in total. The number of carbonyl (C=O) groups is 6. The van der Waals surface area contributed by atoms with Crippen molar-refractivity contribution in [2.45, 2.75) is 97.0 Å². The van der Waals surface area contributed by atoms with Crippen LogP contribution in [0.4, 0.5) is 4.79 Å². The molecule has 0 aliphatic carbocycles. The number of benzene rings is 3. The molecule has 14 heteroatoms. The number of unbranched alkanes of at least 4 members (excludes halogenated alkanes) is 2. The number of ether oxygens (including phenoxy) is 1. The summed E-state index contributed by atoms with van der Waals surface area (Å²) < 4.78 is 5.37. The van der Waals surface area contributed by atoms with E-state index in [0.29, 0.717) is 22.4 Å². The van der Waals surface area contributed by atoms with E-state index < -0.39 is 77.7 Å². The minimum atomic E-state index is -1.97. The highest BCUT2D eigenvalue weighted by Gasteiger charge is 2.45. The fraction of sp³-hybridized carbons (Fsp3) is 0.442. The van der Waals surface area contributed by atoms with Crippen molar-refractivity contribution in [1.82, 2.24) is 20.9 Å². The first-order chi connectivity index (χ1) is 27.1. The molecule has 5 atom stereocenters. The summed E-state index contributed by atoms with van der Waals surface area (Å²) in [6.45, 7) is 6.86. The smallest absolute Gasteiger partial charge is 0.417 e. The first kappa shape index (κ1) is 45.9. The highest BCUT2D eigenvalue weighted by molar-refractivity contribution is 6.01. The zero-order valence-electron chi connectivity index (χ0n) is 33.5. The van der Waals surface area contributed by atoms with Gasteiger partial charge in [-0.05, 0) is 48.4 Å². The standard InChI is InChI=1S/C43H58N6O8/c1-6-7-10-23-36(51)47-39(53)37(28(2)3)48-41(55)43(45,24-33-21-15-16-22-35(33)32-19-13-9-14-20-32)34(26-50)25-46-38(52)30(5)49(40(54)29(4)44)42(56)57-27-31-17-11-8-12-18-31/h8-9,11-22,28-30,34,37,50H,6-7,10,23-27,44-45H2,1-5H3,(H,46,52)(H,48,55)(H,47,51,53)/t29-,30-,34?,37?,43+/m0/s1. The molecule has 3 aromatic rings. The van der Waals surface area contributed by atoms with Gasteiger partial charge in [0.1, 0.15) is 24.2 Å². The fourth-order valence-corrected chi connectivity index (χ4v) is 6.27. The summed E-state index contributed by atoms with van der Waals surface area (Å²) in [6, 6.07) is 21.7. The van der Waals surface area contributed by atoms with Gasteiger partial charge in [0.25, 0.3) is 0 Å². The molecule has 8 N–H and O–H groups in total. The third-order valence-electron chi connectivity index (χ3n) is 9.78. The third-order valence-corrected chi connectivity index (χ3v) is 9.78. The Morgan fingerprint density at radius 3 is 2.05 bits per heavy atom. The topological polar surface area (TPSA) is 223 Å². The van der Waals surface area contributed by atoms with Crippen molar-refractivity contribution in [3.8, 4) is 11.1 Å². The largest absolute Gasteiger partial charge is 0.444 e. The maximum atomic E-state index is 14.5. The number of imide groups is 2. The highest BCUT2D eigenvalue weighted by atomic mass is 16.6. The number of nitrogens with zero attached hydrogens (tertiary/aromatic N) is 1. The van der Waals surface area contributed by atoms with Gasteiger partial charge in [-0.15, -0.1) is 0 Å². The molecule has 0 aromatic heterocycles. The van der Waals surface area contributed by atoms with E-state index in [-0.39, 0.29) is 26.0 Å². The van der Waals surface area contributed by atoms with Gasteiger partial charge >= 0.3 is 6.09 Å². The molecule has 0 heterocycles. The predicted octanol–water partition coefficient (Wildman–Crippen LogP) is 3.58. The van der Waals surface area contributed by atoms with E-state index in [1.54, 1.807) is 56.3 Å². The van der Waals surface area contributed by atoms with Crippen molar-refractivity contribution in [2.75, 3.05) is 13.2 Å². The molecule has 0 saturated carbocycles. The van der Waals surface area contributed by atoms with Crippen LogP contribution in [-0.2, 0) is 41.7 Å². The first-order valence-corrected chi connectivity index (χ1v) is 19.4. The molecule has 0 aliphatic heterocycles. The Morgan fingerprint density at radius 2 is 1.46 bits per heavy atom. The molecule has 0 saturated heterocycles. The van der Waals surface area contributed by atoms with Gasteiger partial charge in [0, 0.05) is 31.9 Å². The average molecular weight is 787 g/mol. The Labute approximate surface area is 335 Å². The molecule has 0 bridgehead atoms. The Morgan fingerprint density at radius 1 is 0.842 bits per heavy atom. The van der Waals surface area contributed by atoms with E-state index in [1.807, 2.05) is 49.4 Å². The molecular weight excluding hydrogens is 729 g/mol. The summed E-state index contributed by atoms with van der Waals surface area (Å²) in [4.78, 5) is 81.2. The van der Waals surface area contributed by atoms with Crippen LogP contribution in [0.15, 0.2) is 84.9 Å². The highest BCUT2D eigenvalue weighted by Crippen LogP contribution is 2.29. The SMILES string of the molecule is CCCCCC(=O)NC(=O)C(NC(=O)[C@@](N)(Cc1ccccc1-c1ccccc1)C(CO)CNC(=O)[C@H](C)N(C(=O)OCc1ccccc1)C(=O)[C@H](C)N)C(C)C. The van der Waals surface area contributed by atoms with E-state index >= 15 is 0 Å². The Balaban J connectivity index is 1.94. The lowest BCUT2D eigenvalue weighted by atomic mass is 9.77. The van der Waals surface area contributed by atoms with E-state index in [4.69, 9.17) is 16.2 Å². The van der Waals surface area contributed by atoms with Crippen molar-refractivity contribution >= 4 is 35.6 Å². The van der Waals surface area contributed by atoms with E-state index in [9.17, 15) is 33.9 Å². The number of rotatable bonds is 20. The van der Waals surface area contributed by atoms with Gasteiger partial charge in [-0.25, -0.2) is 9.69 Å². The second kappa shape index (κ2) is 22.3. The molecule has 0 spiro atoms. The van der Waals surface area contributed by atoms with Gasteiger partial charge in [-0.1, -0.05) is 119 Å². The van der Waals surface area contributed by atoms with Gasteiger partial charge in [0.2, 0.25) is 29.5 Å². The van der Waals surface area contributed by atoms with Crippen molar-refractivity contribution in [3.05, 3.63) is 96.1 Å². The fourth-order valence-electron chi connectivity index (χ4n) is 6.27. The Hall–Kier alpha value is -5.44. The van der Waals surface area contributed by atoms with Crippen LogP contribution in [0.2, 0.25) is 0 Å². The van der Waals surface area contributed by atoms with Gasteiger partial charge in [-0.3, -0.25) is 29.3 Å². The molecular formula is C43H58N6O8. The lowest BCUT2D eigenvalue weighted by Crippen LogP contribution is -2.66. The number of amides is 6. The molecule has 0 radical (unpaired) electrons. The average Bonchev–Trinajstić information content (AvgIpc) is 3.19. The summed E-state index contributed by atoms with van der Waals surface area (Å²) in [7, 11) is 0. The number of aliphatic hydroxyl groups is 1. The Bertz CT molecular complexity index is 1810. The van der Waals surface area contributed by atoms with Gasteiger partial charge < -0.3 is 31.9 Å². The zero-order valence-corrected chi connectivity index (χ0v) is 33.5. The van der Waals surface area contributed by atoms with Crippen LogP contribution in [-0.4, -0.2) is 82.5 Å². The van der Waals surface area contributed by atoms with E-state index in [0.717, 1.165) is 24.0 Å². The minimum Gasteiger partial charge on any atom is -0.444 e. The van der Waals surface area contributed by atoms with Crippen LogP contribution < -0.4 is 27.4 Å². The first-order valence-electron chi connectivity index (χ1n) is 19.4. The molecule has 3 aromatic carbocycles. The van der Waals surface area contributed by atoms with Crippen LogP contribution >= 0.6 is 0 Å². The number of carbonyl (C=O) groups excluding carboxylic acids is 6. The second-order valence-corrected chi connectivity index (χ2v) is 14.6. The van der Waals surface area contributed by atoms with Crippen LogP contribution in [0.5, 0.6) is 0 Å². The summed E-state index contributed by atoms with van der Waals surface area (Å²) in [5, 5.41) is 18.6. The van der Waals surface area contributed by atoms with Gasteiger partial charge in [0.05, 0.1) is 6.04 Å². The molecule has 57 heavy (non-hydrogen) atoms. The van der Waals surface area contributed by atoms with Crippen molar-refractivity contribution in [3.63, 3.8) is 0 Å². The molecule has 0 aliphatic rings. The lowest BCUT2D eigenvalue weighted by molar-refractivity contribution is -0.139. The molecule has 6 amide bonds. The normalized spacial score (nSPS) is 14.3. The van der Waals surface area contributed by atoms with Crippen LogP contribution in [0.25, 0.3) is 11.1 Å². The zero-order chi connectivity index (χ0) is 42.1. The lowest BCUT2D eigenvalue weighted by Gasteiger charge is -2.38. The minimum absolute atomic E-state index is 0.149. The van der Waals surface area contributed by atoms with E-state index in [2.05, 4.69) is 16.0 Å². The molecule has 0 fully saturated rings. The van der Waals surface area contributed by atoms with Crippen molar-refractivity contribution in [1.29, 1.82) is 0 Å². The monoisotopic (exact) mass is 786 g/mol. The number of nitrogens with one attached hydrogen (secondary N) is 3. The number of hydrogen-bond donors (Lipinski definition) is 6.